The van der Waals surface area contributed by atoms with Crippen molar-refractivity contribution >= 4 is 0 Å². The molecule has 0 radical (unpaired) electrons. The minimum Gasteiger partial charge on any atom is -0.373 e. The second-order valence-corrected chi connectivity index (χ2v) is 4.30. The fourth-order valence-corrected chi connectivity index (χ4v) is 2.29. The molecule has 0 spiro atoms. The van der Waals surface area contributed by atoms with Crippen molar-refractivity contribution in [3.63, 3.8) is 0 Å². The van der Waals surface area contributed by atoms with Crippen molar-refractivity contribution in [1.29, 1.82) is 0 Å². The molecule has 1 aromatic carbocycles. The Kier molecular flexibility index (Phi) is 2.91. The average Bonchev–Trinajstić information content (AvgIpc) is 2.39. The molecular weight excluding hydrogens is 204 g/mol. The molecule has 3 heteroatoms. The summed E-state index contributed by atoms with van der Waals surface area (Å²) in [6.07, 6.45) is 2.28. The number of benzene rings is 1. The van der Waals surface area contributed by atoms with Crippen LogP contribution in [-0.2, 0) is 14.2 Å². The van der Waals surface area contributed by atoms with E-state index in [1.54, 1.807) is 0 Å². The molecule has 16 heavy (non-hydrogen) atoms. The Labute approximate surface area is 95.3 Å². The Morgan fingerprint density at radius 1 is 1.00 bits per heavy atom. The van der Waals surface area contributed by atoms with Crippen molar-refractivity contribution < 1.29 is 14.2 Å². The molecule has 2 aliphatic heterocycles. The van der Waals surface area contributed by atoms with Crippen LogP contribution in [0.25, 0.3) is 0 Å². The molecule has 3 atom stereocenters. The molecule has 0 aliphatic carbocycles. The highest BCUT2D eigenvalue weighted by molar-refractivity contribution is 5.16. The van der Waals surface area contributed by atoms with Gasteiger partial charge in [0.25, 0.3) is 0 Å². The van der Waals surface area contributed by atoms with Gasteiger partial charge in [-0.1, -0.05) is 30.3 Å². The van der Waals surface area contributed by atoms with E-state index in [9.17, 15) is 0 Å². The Hall–Kier alpha value is -0.900. The van der Waals surface area contributed by atoms with Crippen molar-refractivity contribution in [2.75, 3.05) is 13.2 Å². The standard InChI is InChI=1S/C13H16O3/c1-2-5-10(6-3-1)13-15-9-12-11(16-13)7-4-8-14-12/h1-3,5-6,11-13H,4,7-9H2/t11-,12+,13?/m0/s1. The van der Waals surface area contributed by atoms with Crippen molar-refractivity contribution in [2.45, 2.75) is 31.3 Å². The monoisotopic (exact) mass is 220 g/mol. The lowest BCUT2D eigenvalue weighted by atomic mass is 10.0. The molecule has 0 amide bonds. The van der Waals surface area contributed by atoms with Crippen LogP contribution in [0.15, 0.2) is 30.3 Å². The molecule has 1 unspecified atom stereocenters. The number of hydrogen-bond acceptors (Lipinski definition) is 3. The van der Waals surface area contributed by atoms with E-state index in [0.29, 0.717) is 6.61 Å². The van der Waals surface area contributed by atoms with Crippen LogP contribution in [0.4, 0.5) is 0 Å². The van der Waals surface area contributed by atoms with Gasteiger partial charge in [-0.25, -0.2) is 0 Å². The highest BCUT2D eigenvalue weighted by Crippen LogP contribution is 2.31. The van der Waals surface area contributed by atoms with E-state index < -0.39 is 0 Å². The first-order valence-electron chi connectivity index (χ1n) is 5.87. The first kappa shape index (κ1) is 10.3. The van der Waals surface area contributed by atoms with E-state index >= 15 is 0 Å². The quantitative estimate of drug-likeness (QED) is 0.726. The minimum absolute atomic E-state index is 0.133. The van der Waals surface area contributed by atoms with Crippen LogP contribution in [0.5, 0.6) is 0 Å². The van der Waals surface area contributed by atoms with E-state index in [4.69, 9.17) is 14.2 Å². The van der Waals surface area contributed by atoms with Crippen LogP contribution < -0.4 is 0 Å². The van der Waals surface area contributed by atoms with Gasteiger partial charge >= 0.3 is 0 Å². The summed E-state index contributed by atoms with van der Waals surface area (Å²) in [6, 6.07) is 10.1. The fourth-order valence-electron chi connectivity index (χ4n) is 2.29. The molecule has 2 aliphatic rings. The van der Waals surface area contributed by atoms with Crippen LogP contribution >= 0.6 is 0 Å². The topological polar surface area (TPSA) is 27.7 Å². The van der Waals surface area contributed by atoms with Gasteiger partial charge in [0.15, 0.2) is 6.29 Å². The van der Waals surface area contributed by atoms with Crippen LogP contribution in [0.1, 0.15) is 24.7 Å². The molecule has 2 fully saturated rings. The minimum atomic E-state index is -0.218. The molecule has 0 aromatic heterocycles. The maximum Gasteiger partial charge on any atom is 0.184 e. The maximum absolute atomic E-state index is 5.93. The summed E-state index contributed by atoms with van der Waals surface area (Å²) >= 11 is 0. The SMILES string of the molecule is c1ccc(C2OC[C@H]3OCCC[C@@H]3O2)cc1. The Morgan fingerprint density at radius 2 is 1.88 bits per heavy atom. The summed E-state index contributed by atoms with van der Waals surface area (Å²) in [7, 11) is 0. The van der Waals surface area contributed by atoms with Crippen molar-refractivity contribution in [3.05, 3.63) is 35.9 Å². The van der Waals surface area contributed by atoms with Gasteiger partial charge in [0, 0.05) is 12.2 Å². The van der Waals surface area contributed by atoms with Gasteiger partial charge in [-0.05, 0) is 12.8 Å². The number of ether oxygens (including phenoxy) is 3. The van der Waals surface area contributed by atoms with Gasteiger partial charge in [0.05, 0.1) is 12.7 Å². The summed E-state index contributed by atoms with van der Waals surface area (Å²) in [5.41, 5.74) is 1.09. The molecule has 0 bridgehead atoms. The largest absolute Gasteiger partial charge is 0.373 e. The van der Waals surface area contributed by atoms with Gasteiger partial charge in [-0.15, -0.1) is 0 Å². The molecule has 86 valence electrons. The molecular formula is C13H16O3. The van der Waals surface area contributed by atoms with Crippen LogP contribution in [0.2, 0.25) is 0 Å². The van der Waals surface area contributed by atoms with Crippen molar-refractivity contribution in [1.82, 2.24) is 0 Å². The zero-order valence-electron chi connectivity index (χ0n) is 9.17. The van der Waals surface area contributed by atoms with Crippen LogP contribution in [-0.4, -0.2) is 25.4 Å². The third kappa shape index (κ3) is 1.98. The smallest absolute Gasteiger partial charge is 0.184 e. The van der Waals surface area contributed by atoms with E-state index in [-0.39, 0.29) is 18.5 Å². The van der Waals surface area contributed by atoms with Gasteiger partial charge < -0.3 is 14.2 Å². The molecule has 0 N–H and O–H groups in total. The predicted octanol–water partition coefficient (Wildman–Crippen LogP) is 2.28. The summed E-state index contributed by atoms with van der Waals surface area (Å²) in [5, 5.41) is 0. The first-order chi connectivity index (χ1) is 7.93. The Morgan fingerprint density at radius 3 is 2.75 bits per heavy atom. The van der Waals surface area contributed by atoms with Crippen LogP contribution in [0.3, 0.4) is 0 Å². The summed E-state index contributed by atoms with van der Waals surface area (Å²) < 4.78 is 17.2. The summed E-state index contributed by atoms with van der Waals surface area (Å²) in [5.74, 6) is 0. The number of hydrogen-bond donors (Lipinski definition) is 0. The third-order valence-electron chi connectivity index (χ3n) is 3.16. The fraction of sp³-hybridized carbons (Fsp3) is 0.538. The predicted molar refractivity (Wildman–Crippen MR) is 59.0 cm³/mol. The Bertz CT molecular complexity index is 338. The summed E-state index contributed by atoms with van der Waals surface area (Å²) in [6.45, 7) is 1.48. The number of rotatable bonds is 1. The summed E-state index contributed by atoms with van der Waals surface area (Å²) in [4.78, 5) is 0. The molecule has 1 aromatic rings. The average molecular weight is 220 g/mol. The molecule has 0 saturated carbocycles. The van der Waals surface area contributed by atoms with E-state index in [0.717, 1.165) is 25.0 Å². The first-order valence-corrected chi connectivity index (χ1v) is 5.87. The normalized spacial score (nSPS) is 34.4. The second-order valence-electron chi connectivity index (χ2n) is 4.30. The van der Waals surface area contributed by atoms with Crippen molar-refractivity contribution in [2.24, 2.45) is 0 Å². The second kappa shape index (κ2) is 4.53. The number of fused-ring (bicyclic) bond motifs is 1. The van der Waals surface area contributed by atoms with E-state index in [1.165, 1.54) is 0 Å². The molecule has 2 heterocycles. The van der Waals surface area contributed by atoms with Gasteiger partial charge in [0.1, 0.15) is 6.10 Å². The lowest BCUT2D eigenvalue weighted by Crippen LogP contribution is -2.44. The highest BCUT2D eigenvalue weighted by atomic mass is 16.7. The lowest BCUT2D eigenvalue weighted by molar-refractivity contribution is -0.277. The lowest BCUT2D eigenvalue weighted by Gasteiger charge is -2.39. The zero-order valence-corrected chi connectivity index (χ0v) is 9.17. The van der Waals surface area contributed by atoms with E-state index in [2.05, 4.69) is 0 Å². The molecule has 3 rings (SSSR count). The third-order valence-corrected chi connectivity index (χ3v) is 3.16. The van der Waals surface area contributed by atoms with Gasteiger partial charge in [0.2, 0.25) is 0 Å². The maximum atomic E-state index is 5.93. The van der Waals surface area contributed by atoms with Crippen molar-refractivity contribution in [3.8, 4) is 0 Å². The van der Waals surface area contributed by atoms with E-state index in [1.807, 2.05) is 30.3 Å². The Balaban J connectivity index is 1.71. The van der Waals surface area contributed by atoms with Crippen LogP contribution in [0, 0.1) is 0 Å². The molecule has 3 nitrogen and oxygen atoms in total. The zero-order chi connectivity index (χ0) is 10.8. The molecule has 2 saturated heterocycles. The van der Waals surface area contributed by atoms with Gasteiger partial charge in [-0.2, -0.15) is 0 Å². The van der Waals surface area contributed by atoms with Gasteiger partial charge in [-0.3, -0.25) is 0 Å². The highest BCUT2D eigenvalue weighted by Gasteiger charge is 2.35.